The summed E-state index contributed by atoms with van der Waals surface area (Å²) >= 11 is 6.36. The van der Waals surface area contributed by atoms with Gasteiger partial charge in [0.2, 0.25) is 11.9 Å². The summed E-state index contributed by atoms with van der Waals surface area (Å²) in [6, 6.07) is 12.5. The normalized spacial score (nSPS) is 14.0. The molecule has 2 heterocycles. The molecule has 1 aliphatic heterocycles. The summed E-state index contributed by atoms with van der Waals surface area (Å²) in [5.74, 6) is 0.264. The fourth-order valence-electron chi connectivity index (χ4n) is 5.06. The number of nitrogens with one attached hydrogen (secondary N) is 5. The minimum Gasteiger partial charge on any atom is -0.494 e. The van der Waals surface area contributed by atoms with Gasteiger partial charge in [-0.3, -0.25) is 14.4 Å². The summed E-state index contributed by atoms with van der Waals surface area (Å²) in [5.41, 5.74) is 2.96. The van der Waals surface area contributed by atoms with E-state index in [1.54, 1.807) is 31.4 Å². The molecule has 2 aromatic carbocycles. The minimum absolute atomic E-state index is 0.170. The molecule has 0 aliphatic carbocycles. The molecule has 0 radical (unpaired) electrons. The second-order valence-electron chi connectivity index (χ2n) is 11.1. The highest BCUT2D eigenvalue weighted by atomic mass is 35.5. The fourth-order valence-corrected chi connectivity index (χ4v) is 5.20. The van der Waals surface area contributed by atoms with Crippen molar-refractivity contribution in [1.29, 1.82) is 0 Å². The number of methoxy groups -OCH3 is 1. The molecule has 0 atom stereocenters. The number of hydrogen-bond donors (Lipinski definition) is 5. The maximum absolute atomic E-state index is 13.0. The van der Waals surface area contributed by atoms with Crippen molar-refractivity contribution in [2.24, 2.45) is 0 Å². The number of likely N-dealkylation sites (N-methyl/N-ethyl adjacent to an activating group) is 1. The number of carbonyl (C=O) groups excluding carboxylic acids is 3. The highest BCUT2D eigenvalue weighted by Gasteiger charge is 2.32. The fraction of sp³-hybridized carbons (Fsp3) is 0.229. The van der Waals surface area contributed by atoms with Gasteiger partial charge in [0, 0.05) is 48.7 Å². The van der Waals surface area contributed by atoms with Crippen LogP contribution in [-0.4, -0.2) is 60.5 Å². The van der Waals surface area contributed by atoms with E-state index in [1.807, 2.05) is 25.1 Å². The Balaban J connectivity index is 1.41. The number of piperidine rings is 1. The number of halogens is 1. The largest absolute Gasteiger partial charge is 0.494 e. The Bertz CT molecular complexity index is 1750. The van der Waals surface area contributed by atoms with E-state index in [-0.39, 0.29) is 45.6 Å². The molecular formula is C35H39ClN8O4. The van der Waals surface area contributed by atoms with Crippen LogP contribution >= 0.6 is 11.6 Å². The molecule has 48 heavy (non-hydrogen) atoms. The van der Waals surface area contributed by atoms with Crippen molar-refractivity contribution in [2.45, 2.75) is 25.3 Å². The third kappa shape index (κ3) is 8.59. The van der Waals surface area contributed by atoms with Gasteiger partial charge >= 0.3 is 0 Å². The van der Waals surface area contributed by atoms with Crippen molar-refractivity contribution in [3.05, 3.63) is 108 Å². The molecule has 0 bridgehead atoms. The van der Waals surface area contributed by atoms with Gasteiger partial charge in [0.05, 0.1) is 30.3 Å². The van der Waals surface area contributed by atoms with Crippen molar-refractivity contribution in [1.82, 2.24) is 20.6 Å². The number of amides is 3. The average molecular weight is 671 g/mol. The molecule has 13 heteroatoms. The maximum atomic E-state index is 13.0. The van der Waals surface area contributed by atoms with Gasteiger partial charge in [0.1, 0.15) is 10.8 Å². The zero-order valence-electron chi connectivity index (χ0n) is 27.2. The third-order valence-electron chi connectivity index (χ3n) is 7.85. The molecule has 5 N–H and O–H groups in total. The summed E-state index contributed by atoms with van der Waals surface area (Å²) in [6.45, 7) is 14.4. The number of ether oxygens (including phenoxy) is 1. The predicted molar refractivity (Wildman–Crippen MR) is 191 cm³/mol. The van der Waals surface area contributed by atoms with Crippen LogP contribution in [0.2, 0.25) is 5.02 Å². The molecule has 0 spiro atoms. The molecule has 1 fully saturated rings. The van der Waals surface area contributed by atoms with Gasteiger partial charge in [-0.15, -0.1) is 0 Å². The molecule has 4 rings (SSSR count). The highest BCUT2D eigenvalue weighted by Crippen LogP contribution is 2.34. The number of carbonyl (C=O) groups is 3. The third-order valence-corrected chi connectivity index (χ3v) is 8.12. The van der Waals surface area contributed by atoms with Crippen LogP contribution in [0.5, 0.6) is 5.75 Å². The van der Waals surface area contributed by atoms with Gasteiger partial charge in [0.25, 0.3) is 11.8 Å². The Hall–Kier alpha value is -5.62. The van der Waals surface area contributed by atoms with Crippen LogP contribution < -0.4 is 36.2 Å². The van der Waals surface area contributed by atoms with Gasteiger partial charge in [-0.05, 0) is 68.3 Å². The topological polar surface area (TPSA) is 150 Å². The Kier molecular flexibility index (Phi) is 11.6. The molecule has 1 saturated heterocycles. The Labute approximate surface area is 285 Å². The molecular weight excluding hydrogens is 632 g/mol. The summed E-state index contributed by atoms with van der Waals surface area (Å²) in [6.07, 6.45) is 6.99. The van der Waals surface area contributed by atoms with Crippen LogP contribution in [-0.2, 0) is 9.59 Å². The lowest BCUT2D eigenvalue weighted by Crippen LogP contribution is -2.53. The number of rotatable bonds is 13. The SMILES string of the molecule is C=CC(=O)Nc1ccc(C(=O)NC2(C)CCN(c3ccc(Nc4ncc(Cl)c(N/C(C=C)=C(/C=C)C(=O)NC)n4)c(OC)c3)CC2)cc1. The van der Waals surface area contributed by atoms with Gasteiger partial charge in [-0.25, -0.2) is 4.98 Å². The first-order valence-electron chi connectivity index (χ1n) is 15.1. The van der Waals surface area contributed by atoms with E-state index >= 15 is 0 Å². The molecule has 0 unspecified atom stereocenters. The lowest BCUT2D eigenvalue weighted by molar-refractivity contribution is -0.116. The summed E-state index contributed by atoms with van der Waals surface area (Å²) < 4.78 is 5.70. The molecule has 1 aromatic heterocycles. The molecule has 3 amide bonds. The van der Waals surface area contributed by atoms with Crippen molar-refractivity contribution in [2.75, 3.05) is 48.1 Å². The number of hydrogen-bond acceptors (Lipinski definition) is 9. The van der Waals surface area contributed by atoms with Crippen molar-refractivity contribution in [3.63, 3.8) is 0 Å². The van der Waals surface area contributed by atoms with E-state index in [9.17, 15) is 14.4 Å². The average Bonchev–Trinajstić information content (AvgIpc) is 3.09. The Morgan fingerprint density at radius 1 is 1.00 bits per heavy atom. The summed E-state index contributed by atoms with van der Waals surface area (Å²) in [4.78, 5) is 47.8. The second kappa shape index (κ2) is 15.8. The Morgan fingerprint density at radius 2 is 1.71 bits per heavy atom. The van der Waals surface area contributed by atoms with Gasteiger partial charge in [-0.2, -0.15) is 4.98 Å². The van der Waals surface area contributed by atoms with E-state index < -0.39 is 0 Å². The van der Waals surface area contributed by atoms with Crippen molar-refractivity contribution < 1.29 is 19.1 Å². The summed E-state index contributed by atoms with van der Waals surface area (Å²) in [5, 5.41) is 14.9. The Morgan fingerprint density at radius 3 is 2.31 bits per heavy atom. The van der Waals surface area contributed by atoms with Crippen LogP contribution in [0.3, 0.4) is 0 Å². The van der Waals surface area contributed by atoms with Crippen molar-refractivity contribution in [3.8, 4) is 5.75 Å². The standard InChI is InChI=1S/C35H39ClN8O4/c1-7-25(33(47)37-5)27(8-2)40-31-26(36)21-38-34(42-31)41-28-15-14-24(20-29(28)48-6)44-18-16-35(4,17-19-44)43-32(46)22-10-12-23(13-11-22)39-30(45)9-3/h7-15,20-21H,1-3,16-19H2,4-6H3,(H,37,47)(H,39,45)(H,43,46)(H2,38,40,41,42)/b27-25-. The van der Waals surface area contributed by atoms with Crippen LogP contribution in [0.1, 0.15) is 30.1 Å². The quantitative estimate of drug-likeness (QED) is 0.116. The smallest absolute Gasteiger partial charge is 0.253 e. The zero-order valence-corrected chi connectivity index (χ0v) is 27.9. The number of anilines is 5. The first kappa shape index (κ1) is 35.2. The van der Waals surface area contributed by atoms with Gasteiger partial charge in [0.15, 0.2) is 5.82 Å². The van der Waals surface area contributed by atoms with E-state index in [0.29, 0.717) is 28.4 Å². The van der Waals surface area contributed by atoms with Crippen molar-refractivity contribution >= 4 is 58.2 Å². The molecule has 0 saturated carbocycles. The van der Waals surface area contributed by atoms with E-state index in [1.165, 1.54) is 31.5 Å². The number of nitrogens with zero attached hydrogens (tertiary/aromatic N) is 3. The molecule has 3 aromatic rings. The summed E-state index contributed by atoms with van der Waals surface area (Å²) in [7, 11) is 3.10. The highest BCUT2D eigenvalue weighted by molar-refractivity contribution is 6.32. The molecule has 250 valence electrons. The van der Waals surface area contributed by atoms with E-state index in [2.05, 4.69) is 61.2 Å². The number of benzene rings is 2. The second-order valence-corrected chi connectivity index (χ2v) is 11.5. The number of aromatic nitrogens is 2. The lowest BCUT2D eigenvalue weighted by Gasteiger charge is -2.41. The predicted octanol–water partition coefficient (Wildman–Crippen LogP) is 5.58. The molecule has 1 aliphatic rings. The van der Waals surface area contributed by atoms with E-state index in [0.717, 1.165) is 31.6 Å². The van der Waals surface area contributed by atoms with E-state index in [4.69, 9.17) is 16.3 Å². The first-order valence-corrected chi connectivity index (χ1v) is 15.5. The first-order chi connectivity index (χ1) is 23.0. The van der Waals surface area contributed by atoms with Crippen LogP contribution in [0.4, 0.5) is 28.8 Å². The van der Waals surface area contributed by atoms with Crippen LogP contribution in [0, 0.1) is 0 Å². The van der Waals surface area contributed by atoms with Crippen LogP contribution in [0.15, 0.2) is 97.9 Å². The molecule has 12 nitrogen and oxygen atoms in total. The monoisotopic (exact) mass is 670 g/mol. The minimum atomic E-state index is -0.389. The van der Waals surface area contributed by atoms with Gasteiger partial charge in [-0.1, -0.05) is 37.4 Å². The van der Waals surface area contributed by atoms with Crippen LogP contribution in [0.25, 0.3) is 0 Å². The van der Waals surface area contributed by atoms with Gasteiger partial charge < -0.3 is 36.2 Å². The number of allylic oxidation sites excluding steroid dienone is 1. The zero-order chi connectivity index (χ0) is 34.8. The lowest BCUT2D eigenvalue weighted by atomic mass is 9.89. The maximum Gasteiger partial charge on any atom is 0.253 e.